The molecule has 158 valence electrons. The molecule has 32 heavy (non-hydrogen) atoms. The molecule has 6 nitrogen and oxygen atoms in total. The van der Waals surface area contributed by atoms with Crippen molar-refractivity contribution in [2.45, 2.75) is 0 Å². The monoisotopic (exact) mass is 424 g/mol. The molecule has 0 spiro atoms. The number of para-hydroxylation sites is 2. The van der Waals surface area contributed by atoms with Gasteiger partial charge in [0.1, 0.15) is 0 Å². The van der Waals surface area contributed by atoms with Crippen LogP contribution >= 0.6 is 0 Å². The number of allylic oxidation sites excluding steroid dienone is 2. The zero-order valence-corrected chi connectivity index (χ0v) is 17.1. The fourth-order valence-corrected chi connectivity index (χ4v) is 7.26. The summed E-state index contributed by atoms with van der Waals surface area (Å²) in [6.07, 6.45) is 4.07. The van der Waals surface area contributed by atoms with Gasteiger partial charge in [-0.3, -0.25) is 29.0 Å². The number of rotatable bonds is 2. The summed E-state index contributed by atoms with van der Waals surface area (Å²) in [5.74, 6) is -2.89. The molecule has 2 bridgehead atoms. The van der Waals surface area contributed by atoms with Crippen molar-refractivity contribution in [3.05, 3.63) is 72.8 Å². The van der Waals surface area contributed by atoms with E-state index in [2.05, 4.69) is 0 Å². The minimum atomic E-state index is -0.450. The van der Waals surface area contributed by atoms with Gasteiger partial charge in [-0.25, -0.2) is 0 Å². The predicted molar refractivity (Wildman–Crippen MR) is 115 cm³/mol. The minimum Gasteiger partial charge on any atom is -0.274 e. The predicted octanol–water partition coefficient (Wildman–Crippen LogP) is 2.66. The van der Waals surface area contributed by atoms with Gasteiger partial charge in [-0.1, -0.05) is 48.6 Å². The Labute approximate surface area is 184 Å². The lowest BCUT2D eigenvalue weighted by molar-refractivity contribution is -0.166. The number of imide groups is 2. The molecule has 8 atom stereocenters. The summed E-state index contributed by atoms with van der Waals surface area (Å²) in [5.41, 5.74) is 1.18. The van der Waals surface area contributed by atoms with Gasteiger partial charge in [-0.05, 0) is 47.9 Å². The summed E-state index contributed by atoms with van der Waals surface area (Å²) in [5, 5.41) is 0. The number of hydrogen-bond acceptors (Lipinski definition) is 4. The van der Waals surface area contributed by atoms with Crippen LogP contribution in [-0.2, 0) is 19.2 Å². The summed E-state index contributed by atoms with van der Waals surface area (Å²) in [6, 6.07) is 18.1. The highest BCUT2D eigenvalue weighted by Gasteiger charge is 2.75. The lowest BCUT2D eigenvalue weighted by Gasteiger charge is -2.60. The van der Waals surface area contributed by atoms with Crippen molar-refractivity contribution >= 4 is 35.0 Å². The van der Waals surface area contributed by atoms with Crippen LogP contribution in [0.25, 0.3) is 0 Å². The zero-order valence-electron chi connectivity index (χ0n) is 17.1. The number of carbonyl (C=O) groups excluding carboxylic acids is 4. The minimum absolute atomic E-state index is 0.0612. The normalized spacial score (nSPS) is 38.6. The smallest absolute Gasteiger partial charge is 0.238 e. The Morgan fingerprint density at radius 3 is 1.19 bits per heavy atom. The number of nitrogens with zero attached hydrogens (tertiary/aromatic N) is 2. The van der Waals surface area contributed by atoms with Gasteiger partial charge in [0.05, 0.1) is 35.0 Å². The van der Waals surface area contributed by atoms with Gasteiger partial charge in [0, 0.05) is 0 Å². The van der Waals surface area contributed by atoms with Crippen molar-refractivity contribution in [2.24, 2.45) is 47.3 Å². The Balaban J connectivity index is 1.27. The highest BCUT2D eigenvalue weighted by atomic mass is 16.2. The third-order valence-electron chi connectivity index (χ3n) is 8.37. The first kappa shape index (κ1) is 18.1. The van der Waals surface area contributed by atoms with Gasteiger partial charge < -0.3 is 0 Å². The molecule has 2 saturated carbocycles. The summed E-state index contributed by atoms with van der Waals surface area (Å²) in [4.78, 5) is 56.2. The number of benzene rings is 2. The van der Waals surface area contributed by atoms with Gasteiger partial charge in [-0.15, -0.1) is 0 Å². The maximum Gasteiger partial charge on any atom is 0.238 e. The maximum atomic E-state index is 13.4. The van der Waals surface area contributed by atoms with Gasteiger partial charge in [-0.2, -0.15) is 0 Å². The van der Waals surface area contributed by atoms with Crippen LogP contribution in [0.15, 0.2) is 72.8 Å². The second-order valence-electron chi connectivity index (χ2n) is 9.49. The van der Waals surface area contributed by atoms with E-state index in [0.29, 0.717) is 11.4 Å². The second-order valence-corrected chi connectivity index (χ2v) is 9.49. The fourth-order valence-electron chi connectivity index (χ4n) is 7.26. The SMILES string of the molecule is O=C1C2C3C=CC(C2C(=O)N1c1ccccc1)C1C2C(=O)N(c4ccccc4)C(=O)C2C31. The highest BCUT2D eigenvalue weighted by Crippen LogP contribution is 2.68. The number of fused-ring (bicyclic) bond motifs is 1. The molecule has 4 fully saturated rings. The molecule has 6 heteroatoms. The van der Waals surface area contributed by atoms with Crippen molar-refractivity contribution in [1.29, 1.82) is 0 Å². The van der Waals surface area contributed by atoms with E-state index in [4.69, 9.17) is 0 Å². The average Bonchev–Trinajstić information content (AvgIpc) is 3.19. The van der Waals surface area contributed by atoms with Gasteiger partial charge >= 0.3 is 0 Å². The second kappa shape index (κ2) is 6.03. The Morgan fingerprint density at radius 2 is 0.812 bits per heavy atom. The van der Waals surface area contributed by atoms with E-state index >= 15 is 0 Å². The Morgan fingerprint density at radius 1 is 0.469 bits per heavy atom. The molecule has 2 aliphatic heterocycles. The lowest BCUT2D eigenvalue weighted by Crippen LogP contribution is -2.63. The van der Waals surface area contributed by atoms with E-state index in [0.717, 1.165) is 0 Å². The molecule has 8 rings (SSSR count). The first-order valence-electron chi connectivity index (χ1n) is 11.1. The van der Waals surface area contributed by atoms with Gasteiger partial charge in [0.15, 0.2) is 0 Å². The van der Waals surface area contributed by atoms with Gasteiger partial charge in [0.2, 0.25) is 23.6 Å². The molecule has 0 radical (unpaired) electrons. The first-order chi connectivity index (χ1) is 15.6. The first-order valence-corrected chi connectivity index (χ1v) is 11.1. The van der Waals surface area contributed by atoms with Crippen molar-refractivity contribution in [3.8, 4) is 0 Å². The van der Waals surface area contributed by atoms with E-state index in [1.807, 2.05) is 48.6 Å². The average molecular weight is 424 g/mol. The third-order valence-corrected chi connectivity index (χ3v) is 8.37. The van der Waals surface area contributed by atoms with E-state index in [1.54, 1.807) is 24.3 Å². The summed E-state index contributed by atoms with van der Waals surface area (Å²) in [6.45, 7) is 0. The van der Waals surface area contributed by atoms with E-state index < -0.39 is 23.7 Å². The largest absolute Gasteiger partial charge is 0.274 e. The number of amides is 4. The maximum absolute atomic E-state index is 13.4. The summed E-state index contributed by atoms with van der Waals surface area (Å²) in [7, 11) is 0. The van der Waals surface area contributed by atoms with Crippen LogP contribution in [0.3, 0.4) is 0 Å². The van der Waals surface area contributed by atoms with Crippen LogP contribution in [-0.4, -0.2) is 23.6 Å². The van der Waals surface area contributed by atoms with Crippen LogP contribution in [0.4, 0.5) is 11.4 Å². The van der Waals surface area contributed by atoms with Gasteiger partial charge in [0.25, 0.3) is 0 Å². The summed E-state index contributed by atoms with van der Waals surface area (Å²) >= 11 is 0. The molecule has 4 amide bonds. The van der Waals surface area contributed by atoms with Crippen LogP contribution < -0.4 is 9.80 Å². The molecule has 6 aliphatic rings. The number of carbonyl (C=O) groups is 4. The van der Waals surface area contributed by atoms with Crippen molar-refractivity contribution < 1.29 is 19.2 Å². The molecular weight excluding hydrogens is 404 g/mol. The van der Waals surface area contributed by atoms with Crippen molar-refractivity contribution in [1.82, 2.24) is 0 Å². The van der Waals surface area contributed by atoms with E-state index in [1.165, 1.54) is 9.80 Å². The fraction of sp³-hybridized carbons (Fsp3) is 0.308. The molecule has 2 heterocycles. The van der Waals surface area contributed by atoms with Crippen LogP contribution in [0.1, 0.15) is 0 Å². The summed E-state index contributed by atoms with van der Waals surface area (Å²) < 4.78 is 0. The Kier molecular flexibility index (Phi) is 3.41. The van der Waals surface area contributed by atoms with Crippen LogP contribution in [0, 0.1) is 47.3 Å². The molecule has 2 aromatic rings. The molecular formula is C26H20N2O4. The van der Waals surface area contributed by atoms with E-state index in [-0.39, 0.29) is 47.3 Å². The third kappa shape index (κ3) is 1.96. The molecule has 0 N–H and O–H groups in total. The Bertz CT molecular complexity index is 1170. The molecule has 8 unspecified atom stereocenters. The molecule has 2 aromatic carbocycles. The quantitative estimate of drug-likeness (QED) is 0.549. The topological polar surface area (TPSA) is 74.8 Å². The molecule has 2 saturated heterocycles. The molecule has 0 aromatic heterocycles. The van der Waals surface area contributed by atoms with Crippen LogP contribution in [0.5, 0.6) is 0 Å². The number of hydrogen-bond donors (Lipinski definition) is 0. The van der Waals surface area contributed by atoms with Crippen molar-refractivity contribution in [3.63, 3.8) is 0 Å². The molecule has 4 aliphatic carbocycles. The zero-order chi connectivity index (χ0) is 21.7. The van der Waals surface area contributed by atoms with Crippen LogP contribution in [0.2, 0.25) is 0 Å². The lowest BCUT2D eigenvalue weighted by atomic mass is 9.40. The van der Waals surface area contributed by atoms with Crippen molar-refractivity contribution in [2.75, 3.05) is 9.80 Å². The van der Waals surface area contributed by atoms with E-state index in [9.17, 15) is 19.2 Å². The number of anilines is 2. The highest BCUT2D eigenvalue weighted by molar-refractivity contribution is 6.25. The standard InChI is InChI=1S/C26H20N2O4/c29-23-19-15-11-12-16(20(19)24(30)27(23)13-7-3-1-4-8-13)18-17(15)21-22(18)26(32)28(25(21)31)14-9-5-2-6-10-14/h1-12,15-22H. The Hall–Kier alpha value is -3.54.